The summed E-state index contributed by atoms with van der Waals surface area (Å²) in [5.41, 5.74) is 7.40. The van der Waals surface area contributed by atoms with E-state index in [1.165, 1.54) is 25.3 Å². The van der Waals surface area contributed by atoms with Crippen molar-refractivity contribution in [2.24, 2.45) is 5.73 Å². The van der Waals surface area contributed by atoms with Crippen molar-refractivity contribution in [3.63, 3.8) is 0 Å². The monoisotopic (exact) mass is 458 g/mol. The zero-order valence-corrected chi connectivity index (χ0v) is 19.0. The highest BCUT2D eigenvalue weighted by atomic mass is 16.5. The first-order valence-electron chi connectivity index (χ1n) is 10.9. The quantitative estimate of drug-likeness (QED) is 0.263. The van der Waals surface area contributed by atoms with Gasteiger partial charge in [-0.1, -0.05) is 31.2 Å². The van der Waals surface area contributed by atoms with Crippen molar-refractivity contribution in [3.8, 4) is 28.6 Å². The van der Waals surface area contributed by atoms with Crippen LogP contribution in [0, 0.1) is 0 Å². The molecule has 4 N–H and O–H groups in total. The molecule has 0 bridgehead atoms. The maximum Gasteiger partial charge on any atom is 0.347 e. The van der Waals surface area contributed by atoms with Crippen molar-refractivity contribution >= 4 is 22.7 Å². The maximum atomic E-state index is 12.7. The van der Waals surface area contributed by atoms with Gasteiger partial charge in [0.1, 0.15) is 28.6 Å². The number of esters is 1. The van der Waals surface area contributed by atoms with E-state index in [9.17, 15) is 9.90 Å². The van der Waals surface area contributed by atoms with E-state index in [-0.39, 0.29) is 17.5 Å². The van der Waals surface area contributed by atoms with E-state index >= 15 is 0 Å². The molecule has 0 aliphatic carbocycles. The van der Waals surface area contributed by atoms with Crippen LogP contribution in [0.1, 0.15) is 23.7 Å². The molecule has 34 heavy (non-hydrogen) atoms. The number of para-hydroxylation sites is 2. The van der Waals surface area contributed by atoms with Crippen LogP contribution < -0.4 is 20.5 Å². The third kappa shape index (κ3) is 4.92. The number of ether oxygens (including phenoxy) is 2. The van der Waals surface area contributed by atoms with Crippen LogP contribution in [0.25, 0.3) is 22.3 Å². The van der Waals surface area contributed by atoms with Crippen molar-refractivity contribution in [2.75, 3.05) is 19.0 Å². The second-order valence-electron chi connectivity index (χ2n) is 7.73. The molecule has 4 aromatic rings. The van der Waals surface area contributed by atoms with Crippen LogP contribution in [-0.2, 0) is 0 Å². The molecule has 0 unspecified atom stereocenters. The van der Waals surface area contributed by atoms with E-state index < -0.39 is 5.97 Å². The third-order valence-corrected chi connectivity index (χ3v) is 5.41. The number of phenolic OH excluding ortho intramolecular Hbond substituents is 1. The first kappa shape index (κ1) is 23.0. The third-order valence-electron chi connectivity index (χ3n) is 5.41. The van der Waals surface area contributed by atoms with Gasteiger partial charge in [0.05, 0.1) is 18.2 Å². The summed E-state index contributed by atoms with van der Waals surface area (Å²) in [6, 6.07) is 18.8. The zero-order valence-electron chi connectivity index (χ0n) is 19.0. The second kappa shape index (κ2) is 10.2. The van der Waals surface area contributed by atoms with Gasteiger partial charge in [-0.2, -0.15) is 0 Å². The predicted molar refractivity (Wildman–Crippen MR) is 131 cm³/mol. The molecule has 0 amide bonds. The van der Waals surface area contributed by atoms with Crippen LogP contribution in [0.3, 0.4) is 0 Å². The van der Waals surface area contributed by atoms with Crippen molar-refractivity contribution in [1.29, 1.82) is 0 Å². The van der Waals surface area contributed by atoms with Crippen LogP contribution in [0.4, 0.5) is 5.82 Å². The van der Waals surface area contributed by atoms with E-state index in [0.29, 0.717) is 40.6 Å². The molecule has 4 rings (SSSR count). The summed E-state index contributed by atoms with van der Waals surface area (Å²) in [5.74, 6) is 0.931. The Morgan fingerprint density at radius 1 is 1.09 bits per heavy atom. The molecule has 0 radical (unpaired) electrons. The minimum atomic E-state index is -0.579. The molecule has 1 atom stereocenters. The molecule has 1 aromatic heterocycles. The number of hydrogen-bond acceptors (Lipinski definition) is 8. The van der Waals surface area contributed by atoms with Crippen LogP contribution >= 0.6 is 0 Å². The number of carbonyl (C=O) groups excluding carboxylic acids is 1. The first-order chi connectivity index (χ1) is 16.5. The summed E-state index contributed by atoms with van der Waals surface area (Å²) in [5, 5.41) is 14.7. The molecule has 1 heterocycles. The molecule has 0 spiro atoms. The highest BCUT2D eigenvalue weighted by Crippen LogP contribution is 2.33. The van der Waals surface area contributed by atoms with Gasteiger partial charge in [-0.15, -0.1) is 0 Å². The highest BCUT2D eigenvalue weighted by molar-refractivity contribution is 5.94. The van der Waals surface area contributed by atoms with Crippen molar-refractivity contribution in [3.05, 3.63) is 72.3 Å². The Hall–Kier alpha value is -4.17. The molecule has 8 heteroatoms. The number of methoxy groups -OCH3 is 1. The fraction of sp³-hybridized carbons (Fsp3) is 0.192. The molecular weight excluding hydrogens is 432 g/mol. The minimum Gasteiger partial charge on any atom is -0.507 e. The van der Waals surface area contributed by atoms with Crippen molar-refractivity contribution < 1.29 is 19.4 Å². The molecule has 8 nitrogen and oxygen atoms in total. The summed E-state index contributed by atoms with van der Waals surface area (Å²) in [6.45, 7) is 2.56. The van der Waals surface area contributed by atoms with Gasteiger partial charge < -0.3 is 25.6 Å². The van der Waals surface area contributed by atoms with E-state index in [2.05, 4.69) is 15.3 Å². The summed E-state index contributed by atoms with van der Waals surface area (Å²) in [4.78, 5) is 22.0. The predicted octanol–water partition coefficient (Wildman–Crippen LogP) is 4.38. The lowest BCUT2D eigenvalue weighted by molar-refractivity contribution is 0.0731. The Balaban J connectivity index is 1.70. The van der Waals surface area contributed by atoms with Crippen molar-refractivity contribution in [1.82, 2.24) is 9.97 Å². The topological polar surface area (TPSA) is 120 Å². The standard InChI is InChI=1S/C26H26N4O4/c1-3-16(27)15-28-24-18-8-4-6-10-21(18)29-25(30-24)20-14-17(12-13-22(20)31)34-26(32)19-9-5-7-11-23(19)33-2/h4-14,16,31H,3,15,27H2,1-2H3,(H,28,29,30)/t16-/m0/s1. The number of hydrogen-bond donors (Lipinski definition) is 3. The number of nitrogens with one attached hydrogen (secondary N) is 1. The zero-order chi connectivity index (χ0) is 24.1. The Bertz CT molecular complexity index is 1330. The highest BCUT2D eigenvalue weighted by Gasteiger charge is 2.17. The Morgan fingerprint density at radius 3 is 2.65 bits per heavy atom. The normalized spacial score (nSPS) is 11.7. The van der Waals surface area contributed by atoms with Gasteiger partial charge in [0, 0.05) is 18.0 Å². The van der Waals surface area contributed by atoms with Gasteiger partial charge >= 0.3 is 5.97 Å². The summed E-state index contributed by atoms with van der Waals surface area (Å²) < 4.78 is 10.8. The van der Waals surface area contributed by atoms with Gasteiger partial charge in [-0.25, -0.2) is 14.8 Å². The lowest BCUT2D eigenvalue weighted by Gasteiger charge is -2.15. The lowest BCUT2D eigenvalue weighted by atomic mass is 10.1. The number of aromatic hydroxyl groups is 1. The number of aromatic nitrogens is 2. The number of benzene rings is 3. The van der Waals surface area contributed by atoms with Gasteiger partial charge in [-0.3, -0.25) is 0 Å². The molecular formula is C26H26N4O4. The van der Waals surface area contributed by atoms with Gasteiger partial charge in [0.25, 0.3) is 0 Å². The molecule has 174 valence electrons. The minimum absolute atomic E-state index is 0.0247. The summed E-state index contributed by atoms with van der Waals surface area (Å²) in [7, 11) is 1.49. The number of anilines is 1. The molecule has 0 saturated heterocycles. The van der Waals surface area contributed by atoms with Gasteiger partial charge in [0.2, 0.25) is 0 Å². The van der Waals surface area contributed by atoms with Crippen LogP contribution in [0.5, 0.6) is 17.2 Å². The van der Waals surface area contributed by atoms with Gasteiger partial charge in [-0.05, 0) is 48.9 Å². The molecule has 3 aromatic carbocycles. The van der Waals surface area contributed by atoms with E-state index in [1.807, 2.05) is 31.2 Å². The molecule has 0 aliphatic heterocycles. The molecule has 0 fully saturated rings. The SMILES string of the molecule is CC[C@H](N)CNc1nc(-c2cc(OC(=O)c3ccccc3OC)ccc2O)nc2ccccc12. The Morgan fingerprint density at radius 2 is 1.85 bits per heavy atom. The number of nitrogens with two attached hydrogens (primary N) is 1. The van der Waals surface area contributed by atoms with Crippen LogP contribution in [-0.4, -0.2) is 40.7 Å². The number of phenols is 1. The number of rotatable bonds is 8. The first-order valence-corrected chi connectivity index (χ1v) is 10.9. The summed E-state index contributed by atoms with van der Waals surface area (Å²) in [6.07, 6.45) is 0.823. The largest absolute Gasteiger partial charge is 0.507 e. The maximum absolute atomic E-state index is 12.7. The van der Waals surface area contributed by atoms with Crippen LogP contribution in [0.15, 0.2) is 66.7 Å². The average Bonchev–Trinajstić information content (AvgIpc) is 2.87. The summed E-state index contributed by atoms with van der Waals surface area (Å²) >= 11 is 0. The van der Waals surface area contributed by atoms with E-state index in [4.69, 9.17) is 15.2 Å². The fourth-order valence-corrected chi connectivity index (χ4v) is 3.44. The fourth-order valence-electron chi connectivity index (χ4n) is 3.44. The number of carbonyl (C=O) groups is 1. The average molecular weight is 459 g/mol. The molecule has 0 aliphatic rings. The second-order valence-corrected chi connectivity index (χ2v) is 7.73. The van der Waals surface area contributed by atoms with Crippen LogP contribution in [0.2, 0.25) is 0 Å². The molecule has 0 saturated carbocycles. The van der Waals surface area contributed by atoms with E-state index in [0.717, 1.165) is 11.8 Å². The lowest BCUT2D eigenvalue weighted by Crippen LogP contribution is -2.28. The van der Waals surface area contributed by atoms with Crippen molar-refractivity contribution in [2.45, 2.75) is 19.4 Å². The Kier molecular flexibility index (Phi) is 6.89. The smallest absolute Gasteiger partial charge is 0.347 e. The Labute approximate surface area is 197 Å². The number of nitrogens with zero attached hydrogens (tertiary/aromatic N) is 2. The van der Waals surface area contributed by atoms with E-state index in [1.54, 1.807) is 24.3 Å². The number of fused-ring (bicyclic) bond motifs is 1. The van der Waals surface area contributed by atoms with Gasteiger partial charge in [0.15, 0.2) is 5.82 Å².